The van der Waals surface area contributed by atoms with Crippen LogP contribution in [0.5, 0.6) is 0 Å². The summed E-state index contributed by atoms with van der Waals surface area (Å²) in [5.74, 6) is -0.261. The molecule has 0 saturated heterocycles. The number of nitrogens with one attached hydrogen (secondary N) is 2. The summed E-state index contributed by atoms with van der Waals surface area (Å²) >= 11 is 6.62. The fraction of sp³-hybridized carbons (Fsp3) is 0.400. The molecule has 0 aliphatic carbocycles. The first kappa shape index (κ1) is 19.8. The van der Waals surface area contributed by atoms with Crippen molar-refractivity contribution in [3.63, 3.8) is 0 Å². The minimum absolute atomic E-state index is 0.151. The van der Waals surface area contributed by atoms with Crippen LogP contribution >= 0.6 is 22.9 Å². The molecule has 1 aromatic heterocycles. The molecule has 0 atom stereocenters. The van der Waals surface area contributed by atoms with Crippen LogP contribution in [-0.4, -0.2) is 31.1 Å². The van der Waals surface area contributed by atoms with Gasteiger partial charge in [0.1, 0.15) is 0 Å². The van der Waals surface area contributed by atoms with Gasteiger partial charge in [-0.3, -0.25) is 4.79 Å². The molecule has 0 aliphatic heterocycles. The van der Waals surface area contributed by atoms with E-state index in [1.165, 1.54) is 0 Å². The second kappa shape index (κ2) is 7.77. The van der Waals surface area contributed by atoms with E-state index in [2.05, 4.69) is 20.2 Å². The van der Waals surface area contributed by atoms with Gasteiger partial charge in [0.05, 0.1) is 0 Å². The predicted molar refractivity (Wildman–Crippen MR) is 98.3 cm³/mol. The van der Waals surface area contributed by atoms with E-state index in [9.17, 15) is 13.2 Å². The number of carbonyl (C=O) groups excluding carboxylic acids is 1. The maximum atomic E-state index is 12.2. The van der Waals surface area contributed by atoms with Gasteiger partial charge in [0.2, 0.25) is 15.4 Å². The molecule has 0 spiro atoms. The van der Waals surface area contributed by atoms with Crippen LogP contribution < -0.4 is 10.0 Å². The SMILES string of the molecule is CC(C)(C)C(=O)Nc1nnc(S(=O)(=O)NCCc2ccc(Cl)cc2)s1. The normalized spacial score (nSPS) is 12.2. The van der Waals surface area contributed by atoms with E-state index >= 15 is 0 Å². The standard InChI is InChI=1S/C15H19ClN4O3S2/c1-15(2,3)12(21)18-13-19-20-14(24-13)25(22,23)17-9-8-10-4-6-11(16)7-5-10/h4-7,17H,8-9H2,1-3H3,(H,18,19,21). The van der Waals surface area contributed by atoms with E-state index < -0.39 is 15.4 Å². The van der Waals surface area contributed by atoms with Crippen molar-refractivity contribution >= 4 is 44.0 Å². The summed E-state index contributed by atoms with van der Waals surface area (Å²) in [4.78, 5) is 11.9. The van der Waals surface area contributed by atoms with Crippen molar-refractivity contribution in [3.05, 3.63) is 34.9 Å². The predicted octanol–water partition coefficient (Wildman–Crippen LogP) is 2.70. The molecule has 25 heavy (non-hydrogen) atoms. The zero-order valence-electron chi connectivity index (χ0n) is 14.0. The summed E-state index contributed by atoms with van der Waals surface area (Å²) in [5.41, 5.74) is 0.351. The Labute approximate surface area is 155 Å². The molecular weight excluding hydrogens is 384 g/mol. The van der Waals surface area contributed by atoms with Crippen LogP contribution in [0.25, 0.3) is 0 Å². The van der Waals surface area contributed by atoms with Gasteiger partial charge in [-0.05, 0) is 24.1 Å². The van der Waals surface area contributed by atoms with E-state index in [4.69, 9.17) is 11.6 Å². The molecule has 2 aromatic rings. The Balaban J connectivity index is 1.95. The summed E-state index contributed by atoms with van der Waals surface area (Å²) in [6.07, 6.45) is 0.517. The largest absolute Gasteiger partial charge is 0.300 e. The first-order valence-corrected chi connectivity index (χ1v) is 10.1. The Morgan fingerprint density at radius 1 is 1.20 bits per heavy atom. The van der Waals surface area contributed by atoms with Crippen LogP contribution in [0.2, 0.25) is 5.02 Å². The van der Waals surface area contributed by atoms with Gasteiger partial charge in [-0.15, -0.1) is 10.2 Å². The number of aromatic nitrogens is 2. The molecular formula is C15H19ClN4O3S2. The molecule has 7 nitrogen and oxygen atoms in total. The average molecular weight is 403 g/mol. The summed E-state index contributed by atoms with van der Waals surface area (Å²) in [7, 11) is -3.77. The lowest BCUT2D eigenvalue weighted by Crippen LogP contribution is -2.27. The lowest BCUT2D eigenvalue weighted by Gasteiger charge is -2.15. The smallest absolute Gasteiger partial charge is 0.269 e. The van der Waals surface area contributed by atoms with Crippen molar-refractivity contribution in [2.24, 2.45) is 5.41 Å². The number of hydrogen-bond donors (Lipinski definition) is 2. The lowest BCUT2D eigenvalue weighted by atomic mass is 9.96. The number of anilines is 1. The van der Waals surface area contributed by atoms with Crippen molar-refractivity contribution in [2.45, 2.75) is 31.5 Å². The summed E-state index contributed by atoms with van der Waals surface area (Å²) in [6, 6.07) is 7.17. The third-order valence-corrected chi connectivity index (χ3v) is 6.08. The molecule has 0 saturated carbocycles. The molecule has 2 N–H and O–H groups in total. The van der Waals surface area contributed by atoms with Crippen LogP contribution in [0.3, 0.4) is 0 Å². The Hall–Kier alpha value is -1.55. The number of rotatable bonds is 6. The molecule has 0 bridgehead atoms. The Kier molecular flexibility index (Phi) is 6.15. The van der Waals surface area contributed by atoms with Gasteiger partial charge < -0.3 is 5.32 Å². The number of carbonyl (C=O) groups is 1. The highest BCUT2D eigenvalue weighted by Gasteiger charge is 2.24. The van der Waals surface area contributed by atoms with E-state index in [1.54, 1.807) is 32.9 Å². The monoisotopic (exact) mass is 402 g/mol. The van der Waals surface area contributed by atoms with E-state index in [1.807, 2.05) is 12.1 Å². The maximum Gasteiger partial charge on any atom is 0.269 e. The number of amides is 1. The van der Waals surface area contributed by atoms with E-state index in [-0.39, 0.29) is 21.9 Å². The average Bonchev–Trinajstić information content (AvgIpc) is 2.97. The number of nitrogens with zero attached hydrogens (tertiary/aromatic N) is 2. The van der Waals surface area contributed by atoms with Gasteiger partial charge >= 0.3 is 0 Å². The molecule has 2 rings (SSSR count). The zero-order chi connectivity index (χ0) is 18.7. The molecule has 0 fully saturated rings. The van der Waals surface area contributed by atoms with Gasteiger partial charge in [-0.25, -0.2) is 13.1 Å². The second-order valence-electron chi connectivity index (χ2n) is 6.35. The number of sulfonamides is 1. The second-order valence-corrected chi connectivity index (χ2v) is 9.71. The first-order chi connectivity index (χ1) is 11.6. The van der Waals surface area contributed by atoms with Crippen molar-refractivity contribution in [3.8, 4) is 0 Å². The highest BCUT2D eigenvalue weighted by atomic mass is 35.5. The molecule has 0 radical (unpaired) electrons. The lowest BCUT2D eigenvalue weighted by molar-refractivity contribution is -0.123. The maximum absolute atomic E-state index is 12.2. The number of halogens is 1. The fourth-order valence-electron chi connectivity index (χ4n) is 1.70. The van der Waals surface area contributed by atoms with Crippen LogP contribution in [0.4, 0.5) is 5.13 Å². The number of benzene rings is 1. The third kappa shape index (κ3) is 5.74. The van der Waals surface area contributed by atoms with Crippen molar-refractivity contribution in [1.82, 2.24) is 14.9 Å². The van der Waals surface area contributed by atoms with Gasteiger partial charge in [0.15, 0.2) is 0 Å². The molecule has 1 aromatic carbocycles. The first-order valence-electron chi connectivity index (χ1n) is 7.47. The highest BCUT2D eigenvalue weighted by Crippen LogP contribution is 2.22. The van der Waals surface area contributed by atoms with Crippen molar-refractivity contribution < 1.29 is 13.2 Å². The van der Waals surface area contributed by atoms with Crippen LogP contribution in [0.15, 0.2) is 28.6 Å². The van der Waals surface area contributed by atoms with Crippen LogP contribution in [-0.2, 0) is 21.2 Å². The fourth-order valence-corrected chi connectivity index (χ4v) is 3.79. The van der Waals surface area contributed by atoms with Crippen molar-refractivity contribution in [2.75, 3.05) is 11.9 Å². The molecule has 136 valence electrons. The Bertz CT molecular complexity index is 842. The Morgan fingerprint density at radius 3 is 2.44 bits per heavy atom. The summed E-state index contributed by atoms with van der Waals surface area (Å²) in [5, 5.41) is 10.7. The van der Waals surface area contributed by atoms with Gasteiger partial charge in [-0.1, -0.05) is 55.8 Å². The molecule has 0 aliphatic rings. The number of hydrogen-bond acceptors (Lipinski definition) is 6. The summed E-state index contributed by atoms with van der Waals surface area (Å²) < 4.78 is 26.8. The van der Waals surface area contributed by atoms with Crippen molar-refractivity contribution in [1.29, 1.82) is 0 Å². The highest BCUT2D eigenvalue weighted by molar-refractivity contribution is 7.91. The molecule has 0 unspecified atom stereocenters. The van der Waals surface area contributed by atoms with Gasteiger partial charge in [-0.2, -0.15) is 0 Å². The van der Waals surface area contributed by atoms with Crippen LogP contribution in [0, 0.1) is 5.41 Å². The van der Waals surface area contributed by atoms with E-state index in [0.29, 0.717) is 11.4 Å². The van der Waals surface area contributed by atoms with Gasteiger partial charge in [0.25, 0.3) is 10.0 Å². The van der Waals surface area contributed by atoms with Gasteiger partial charge in [0, 0.05) is 17.0 Å². The molecule has 1 heterocycles. The minimum Gasteiger partial charge on any atom is -0.300 e. The minimum atomic E-state index is -3.77. The Morgan fingerprint density at radius 2 is 1.84 bits per heavy atom. The third-order valence-electron chi connectivity index (χ3n) is 3.16. The zero-order valence-corrected chi connectivity index (χ0v) is 16.4. The molecule has 10 heteroatoms. The topological polar surface area (TPSA) is 101 Å². The summed E-state index contributed by atoms with van der Waals surface area (Å²) in [6.45, 7) is 5.46. The van der Waals surface area contributed by atoms with E-state index in [0.717, 1.165) is 16.9 Å². The quantitative estimate of drug-likeness (QED) is 0.723. The van der Waals surface area contributed by atoms with Crippen LogP contribution in [0.1, 0.15) is 26.3 Å². The molecule has 1 amide bonds.